The van der Waals surface area contributed by atoms with Crippen LogP contribution in [0.2, 0.25) is 0 Å². The van der Waals surface area contributed by atoms with Crippen molar-refractivity contribution in [3.63, 3.8) is 0 Å². The predicted molar refractivity (Wildman–Crippen MR) is 102 cm³/mol. The van der Waals surface area contributed by atoms with Crippen LogP contribution in [0.5, 0.6) is 11.5 Å². The van der Waals surface area contributed by atoms with Crippen molar-refractivity contribution < 1.29 is 34.0 Å². The molecule has 1 aliphatic heterocycles. The Balaban J connectivity index is 1.89. The second kappa shape index (κ2) is 8.69. The number of aliphatic hydroxyl groups excluding tert-OH is 2. The highest BCUT2D eigenvalue weighted by Crippen LogP contribution is 2.33. The van der Waals surface area contributed by atoms with Crippen LogP contribution in [0.4, 0.5) is 0 Å². The molecule has 0 aliphatic carbocycles. The van der Waals surface area contributed by atoms with Crippen LogP contribution >= 0.6 is 0 Å². The summed E-state index contributed by atoms with van der Waals surface area (Å²) in [7, 11) is 2.86. The number of aromatic nitrogens is 2. The Morgan fingerprint density at radius 1 is 1.27 bits per heavy atom. The number of H-pyrrole nitrogens is 1. The number of methoxy groups -OCH3 is 2. The fraction of sp³-hybridized carbons (Fsp3) is 0.421. The Labute approximate surface area is 170 Å². The Hall–Kier alpha value is -3.15. The molecule has 11 heteroatoms. The van der Waals surface area contributed by atoms with E-state index in [0.29, 0.717) is 11.3 Å². The molecule has 0 radical (unpaired) electrons. The van der Waals surface area contributed by atoms with Crippen molar-refractivity contribution >= 4 is 5.97 Å². The van der Waals surface area contributed by atoms with Crippen LogP contribution in [0.15, 0.2) is 34.0 Å². The van der Waals surface area contributed by atoms with Crippen molar-refractivity contribution in [3.05, 3.63) is 56.4 Å². The van der Waals surface area contributed by atoms with Crippen molar-refractivity contribution in [1.29, 1.82) is 0 Å². The van der Waals surface area contributed by atoms with E-state index in [4.69, 9.17) is 18.9 Å². The summed E-state index contributed by atoms with van der Waals surface area (Å²) in [6.07, 6.45) is -4.00. The third-order valence-corrected chi connectivity index (χ3v) is 4.79. The Bertz CT molecular complexity index is 1050. The van der Waals surface area contributed by atoms with Crippen LogP contribution in [0.1, 0.15) is 22.1 Å². The molecular formula is C19H22N2O9. The smallest absolute Gasteiger partial charge is 0.342 e. The van der Waals surface area contributed by atoms with E-state index in [9.17, 15) is 24.6 Å². The van der Waals surface area contributed by atoms with Gasteiger partial charge in [0, 0.05) is 18.3 Å². The lowest BCUT2D eigenvalue weighted by molar-refractivity contribution is -0.0564. The topological polar surface area (TPSA) is 149 Å². The maximum Gasteiger partial charge on any atom is 0.342 e. The molecule has 0 spiro atoms. The number of ether oxygens (including phenoxy) is 4. The van der Waals surface area contributed by atoms with Crippen LogP contribution in [-0.4, -0.2) is 64.9 Å². The summed E-state index contributed by atoms with van der Waals surface area (Å²) >= 11 is 0. The van der Waals surface area contributed by atoms with E-state index in [1.165, 1.54) is 20.3 Å². The molecule has 1 fully saturated rings. The van der Waals surface area contributed by atoms with Crippen LogP contribution < -0.4 is 20.7 Å². The van der Waals surface area contributed by atoms with E-state index in [-0.39, 0.29) is 11.3 Å². The van der Waals surface area contributed by atoms with Gasteiger partial charge in [-0.2, -0.15) is 0 Å². The van der Waals surface area contributed by atoms with E-state index in [1.54, 1.807) is 13.0 Å². The molecule has 4 atom stereocenters. The van der Waals surface area contributed by atoms with Gasteiger partial charge in [-0.3, -0.25) is 14.3 Å². The number of aliphatic hydroxyl groups is 2. The molecule has 1 saturated heterocycles. The SMILES string of the molecule is COc1cc(C)c(C(=O)OC2C(CO)OC(n3ccc(=O)[nH]c3=O)C2O)c(OC)c1. The summed E-state index contributed by atoms with van der Waals surface area (Å²) in [6.45, 7) is 1.08. The average molecular weight is 422 g/mol. The molecule has 3 rings (SSSR count). The molecule has 0 saturated carbocycles. The first-order chi connectivity index (χ1) is 14.3. The number of aryl methyl sites for hydroxylation is 1. The van der Waals surface area contributed by atoms with Crippen molar-refractivity contribution in [3.8, 4) is 11.5 Å². The van der Waals surface area contributed by atoms with E-state index in [2.05, 4.69) is 0 Å². The first-order valence-electron chi connectivity index (χ1n) is 9.00. The molecule has 1 aromatic carbocycles. The predicted octanol–water partition coefficient (Wildman–Crippen LogP) is -0.662. The van der Waals surface area contributed by atoms with E-state index < -0.39 is 48.4 Å². The molecule has 1 aromatic heterocycles. The van der Waals surface area contributed by atoms with Gasteiger partial charge in [-0.05, 0) is 18.6 Å². The number of aromatic amines is 1. The third kappa shape index (κ3) is 3.95. The first kappa shape index (κ1) is 21.6. The molecule has 0 amide bonds. The maximum absolute atomic E-state index is 12.9. The molecule has 1 aliphatic rings. The Morgan fingerprint density at radius 2 is 2.00 bits per heavy atom. The molecule has 162 valence electrons. The number of esters is 1. The highest BCUT2D eigenvalue weighted by Gasteiger charge is 2.47. The Morgan fingerprint density at radius 3 is 2.60 bits per heavy atom. The van der Waals surface area contributed by atoms with Crippen molar-refractivity contribution in [1.82, 2.24) is 9.55 Å². The number of carbonyl (C=O) groups is 1. The number of nitrogens with one attached hydrogen (secondary N) is 1. The second-order valence-electron chi connectivity index (χ2n) is 6.65. The lowest BCUT2D eigenvalue weighted by Gasteiger charge is -2.21. The monoisotopic (exact) mass is 422 g/mol. The molecule has 2 heterocycles. The minimum absolute atomic E-state index is 0.117. The zero-order valence-corrected chi connectivity index (χ0v) is 16.5. The molecule has 30 heavy (non-hydrogen) atoms. The Kier molecular flexibility index (Phi) is 6.25. The molecule has 11 nitrogen and oxygen atoms in total. The molecule has 3 N–H and O–H groups in total. The maximum atomic E-state index is 12.9. The summed E-state index contributed by atoms with van der Waals surface area (Å²) in [5, 5.41) is 20.3. The van der Waals surface area contributed by atoms with Gasteiger partial charge in [-0.15, -0.1) is 0 Å². The molecular weight excluding hydrogens is 400 g/mol. The lowest BCUT2D eigenvalue weighted by Crippen LogP contribution is -2.40. The third-order valence-electron chi connectivity index (χ3n) is 4.79. The highest BCUT2D eigenvalue weighted by atomic mass is 16.6. The zero-order chi connectivity index (χ0) is 22.0. The quantitative estimate of drug-likeness (QED) is 0.516. The minimum Gasteiger partial charge on any atom is -0.497 e. The average Bonchev–Trinajstić information content (AvgIpc) is 3.02. The van der Waals surface area contributed by atoms with Gasteiger partial charge < -0.3 is 29.2 Å². The number of carbonyl (C=O) groups excluding carboxylic acids is 1. The normalized spacial score (nSPS) is 23.2. The van der Waals surface area contributed by atoms with Crippen LogP contribution in [0.3, 0.4) is 0 Å². The van der Waals surface area contributed by atoms with Gasteiger partial charge in [0.15, 0.2) is 12.3 Å². The number of hydrogen-bond donors (Lipinski definition) is 3. The summed E-state index contributed by atoms with van der Waals surface area (Å²) in [6, 6.07) is 4.21. The number of benzene rings is 1. The van der Waals surface area contributed by atoms with Gasteiger partial charge in [0.1, 0.15) is 29.3 Å². The highest BCUT2D eigenvalue weighted by molar-refractivity contribution is 5.94. The van der Waals surface area contributed by atoms with E-state index >= 15 is 0 Å². The minimum atomic E-state index is -1.49. The lowest BCUT2D eigenvalue weighted by atomic mass is 10.1. The van der Waals surface area contributed by atoms with Gasteiger partial charge in [0.2, 0.25) is 0 Å². The van der Waals surface area contributed by atoms with Gasteiger partial charge in [0.25, 0.3) is 5.56 Å². The number of hydrogen-bond acceptors (Lipinski definition) is 9. The fourth-order valence-electron chi connectivity index (χ4n) is 3.32. The van der Waals surface area contributed by atoms with Crippen molar-refractivity contribution in [2.45, 2.75) is 31.5 Å². The second-order valence-corrected chi connectivity index (χ2v) is 6.65. The van der Waals surface area contributed by atoms with Gasteiger partial charge in [-0.25, -0.2) is 9.59 Å². The summed E-state index contributed by atoms with van der Waals surface area (Å²) < 4.78 is 22.3. The fourth-order valence-corrected chi connectivity index (χ4v) is 3.32. The van der Waals surface area contributed by atoms with E-state index in [0.717, 1.165) is 16.8 Å². The van der Waals surface area contributed by atoms with Crippen LogP contribution in [0, 0.1) is 6.92 Å². The summed E-state index contributed by atoms with van der Waals surface area (Å²) in [5.74, 6) is -0.123. The van der Waals surface area contributed by atoms with Gasteiger partial charge >= 0.3 is 11.7 Å². The first-order valence-corrected chi connectivity index (χ1v) is 9.00. The zero-order valence-electron chi connectivity index (χ0n) is 16.5. The van der Waals surface area contributed by atoms with Gasteiger partial charge in [0.05, 0.1) is 20.8 Å². The van der Waals surface area contributed by atoms with Crippen molar-refractivity contribution in [2.24, 2.45) is 0 Å². The molecule has 4 unspecified atom stereocenters. The largest absolute Gasteiger partial charge is 0.497 e. The van der Waals surface area contributed by atoms with Crippen LogP contribution in [0.25, 0.3) is 0 Å². The van der Waals surface area contributed by atoms with Gasteiger partial charge in [-0.1, -0.05) is 0 Å². The van der Waals surface area contributed by atoms with Crippen molar-refractivity contribution in [2.75, 3.05) is 20.8 Å². The van der Waals surface area contributed by atoms with Crippen LogP contribution in [-0.2, 0) is 9.47 Å². The summed E-state index contributed by atoms with van der Waals surface area (Å²) in [5.41, 5.74) is -0.805. The van der Waals surface area contributed by atoms with E-state index in [1.807, 2.05) is 4.98 Å². The number of nitrogens with zero attached hydrogens (tertiary/aromatic N) is 1. The standard InChI is InChI=1S/C19H22N2O9/c1-9-6-10(27-2)7-11(28-3)14(9)18(25)30-16-12(8-22)29-17(15(16)24)21-5-4-13(23)20-19(21)26/h4-7,12,15-17,22,24H,8H2,1-3H3,(H,20,23,26). The molecule has 0 bridgehead atoms. The number of rotatable bonds is 6. The summed E-state index contributed by atoms with van der Waals surface area (Å²) in [4.78, 5) is 38.2. The molecule has 2 aromatic rings.